The van der Waals surface area contributed by atoms with Crippen LogP contribution in [0.5, 0.6) is 5.75 Å². The van der Waals surface area contributed by atoms with Crippen molar-refractivity contribution in [1.82, 2.24) is 25.0 Å². The molecule has 39 heavy (non-hydrogen) atoms. The fraction of sp³-hybridized carbons (Fsp3) is 0.267. The number of rotatable bonds is 9. The Balaban J connectivity index is 1.10. The highest BCUT2D eigenvalue weighted by atomic mass is 19.1. The Labute approximate surface area is 226 Å². The van der Waals surface area contributed by atoms with E-state index in [1.54, 1.807) is 42.5 Å². The number of hydrogen-bond acceptors (Lipinski definition) is 6. The average molecular weight is 528 g/mol. The molecule has 1 N–H and O–H groups in total. The molecule has 0 radical (unpaired) electrons. The lowest BCUT2D eigenvalue weighted by Crippen LogP contribution is -2.48. The topological polar surface area (TPSA) is 91.4 Å². The van der Waals surface area contributed by atoms with E-state index in [1.807, 2.05) is 23.1 Å². The van der Waals surface area contributed by atoms with Gasteiger partial charge < -0.3 is 14.6 Å². The first-order valence-corrected chi connectivity index (χ1v) is 13.0. The second kappa shape index (κ2) is 12.4. The van der Waals surface area contributed by atoms with Gasteiger partial charge in [-0.2, -0.15) is 0 Å². The number of halogens is 1. The number of nitrogens with zero attached hydrogens (tertiary/aromatic N) is 4. The summed E-state index contributed by atoms with van der Waals surface area (Å²) >= 11 is 0. The van der Waals surface area contributed by atoms with Crippen molar-refractivity contribution in [3.05, 3.63) is 112 Å². The molecule has 4 aromatic rings. The SMILES string of the molecule is O=C(CCc1nnc(-c2ccc(OCc3ccccc3F)cc2)[nH]c1=O)N1CCN(Cc2ccccc2)CC1. The van der Waals surface area contributed by atoms with Crippen molar-refractivity contribution in [1.29, 1.82) is 0 Å². The number of nitrogens with one attached hydrogen (secondary N) is 1. The highest BCUT2D eigenvalue weighted by Crippen LogP contribution is 2.20. The van der Waals surface area contributed by atoms with Crippen LogP contribution in [0.15, 0.2) is 83.7 Å². The quantitative estimate of drug-likeness (QED) is 0.356. The normalized spacial score (nSPS) is 13.8. The van der Waals surface area contributed by atoms with E-state index in [-0.39, 0.29) is 42.4 Å². The minimum Gasteiger partial charge on any atom is -0.489 e. The number of piperazine rings is 1. The predicted octanol–water partition coefficient (Wildman–Crippen LogP) is 3.83. The van der Waals surface area contributed by atoms with Gasteiger partial charge in [-0.1, -0.05) is 48.5 Å². The molecule has 0 aliphatic carbocycles. The Morgan fingerprint density at radius 2 is 1.62 bits per heavy atom. The zero-order valence-electron chi connectivity index (χ0n) is 21.6. The van der Waals surface area contributed by atoms with Crippen LogP contribution in [0.2, 0.25) is 0 Å². The molecule has 8 nitrogen and oxygen atoms in total. The summed E-state index contributed by atoms with van der Waals surface area (Å²) in [6.07, 6.45) is 0.443. The van der Waals surface area contributed by atoms with Gasteiger partial charge in [0.2, 0.25) is 5.91 Å². The summed E-state index contributed by atoms with van der Waals surface area (Å²) < 4.78 is 19.4. The zero-order chi connectivity index (χ0) is 27.0. The maximum Gasteiger partial charge on any atom is 0.273 e. The average Bonchev–Trinajstić information content (AvgIpc) is 2.97. The van der Waals surface area contributed by atoms with Gasteiger partial charge in [-0.3, -0.25) is 14.5 Å². The third kappa shape index (κ3) is 6.94. The Bertz CT molecular complexity index is 1450. The number of benzene rings is 3. The Kier molecular flexibility index (Phi) is 8.38. The van der Waals surface area contributed by atoms with Crippen LogP contribution >= 0.6 is 0 Å². The van der Waals surface area contributed by atoms with E-state index in [0.717, 1.165) is 19.6 Å². The molecular weight excluding hydrogens is 497 g/mol. The van der Waals surface area contributed by atoms with Gasteiger partial charge in [-0.05, 0) is 35.9 Å². The van der Waals surface area contributed by atoms with Gasteiger partial charge >= 0.3 is 0 Å². The molecular formula is C30H30FN5O3. The van der Waals surface area contributed by atoms with Crippen LogP contribution in [0.3, 0.4) is 0 Å². The third-order valence-electron chi connectivity index (χ3n) is 6.79. The van der Waals surface area contributed by atoms with Gasteiger partial charge in [-0.15, -0.1) is 10.2 Å². The van der Waals surface area contributed by atoms with E-state index in [2.05, 4.69) is 32.2 Å². The number of hydrogen-bond donors (Lipinski definition) is 1. The monoisotopic (exact) mass is 527 g/mol. The van der Waals surface area contributed by atoms with E-state index >= 15 is 0 Å². The largest absolute Gasteiger partial charge is 0.489 e. The summed E-state index contributed by atoms with van der Waals surface area (Å²) in [6, 6.07) is 23.7. The highest BCUT2D eigenvalue weighted by Gasteiger charge is 2.21. The molecule has 9 heteroatoms. The van der Waals surface area contributed by atoms with Gasteiger partial charge in [0, 0.05) is 56.7 Å². The van der Waals surface area contributed by atoms with Crippen LogP contribution in [0.1, 0.15) is 23.2 Å². The summed E-state index contributed by atoms with van der Waals surface area (Å²) in [4.78, 5) is 32.3. The standard InChI is InChI=1S/C30H30FN5O3/c31-26-9-5-4-8-24(26)21-39-25-12-10-23(11-13-25)29-32-30(38)27(33-34-29)14-15-28(37)36-18-16-35(17-19-36)20-22-6-2-1-3-7-22/h1-13H,14-21H2,(H,32,34,38). The number of aromatic nitrogens is 3. The van der Waals surface area contributed by atoms with Crippen molar-refractivity contribution in [3.63, 3.8) is 0 Å². The second-order valence-electron chi connectivity index (χ2n) is 9.50. The number of carbonyl (C=O) groups excluding carboxylic acids is 1. The maximum absolute atomic E-state index is 13.8. The van der Waals surface area contributed by atoms with Crippen LogP contribution in [-0.2, 0) is 24.4 Å². The van der Waals surface area contributed by atoms with Crippen molar-refractivity contribution in [3.8, 4) is 17.1 Å². The molecule has 1 aliphatic heterocycles. The lowest BCUT2D eigenvalue weighted by atomic mass is 10.1. The molecule has 1 aliphatic rings. The fourth-order valence-corrected chi connectivity index (χ4v) is 4.52. The van der Waals surface area contributed by atoms with Crippen molar-refractivity contribution in [2.75, 3.05) is 26.2 Å². The first-order chi connectivity index (χ1) is 19.0. The van der Waals surface area contributed by atoms with Crippen molar-refractivity contribution < 1.29 is 13.9 Å². The van der Waals surface area contributed by atoms with Gasteiger partial charge in [0.25, 0.3) is 5.56 Å². The zero-order valence-corrected chi connectivity index (χ0v) is 21.6. The number of H-pyrrole nitrogens is 1. The molecule has 0 unspecified atom stereocenters. The molecule has 0 saturated carbocycles. The predicted molar refractivity (Wildman–Crippen MR) is 145 cm³/mol. The summed E-state index contributed by atoms with van der Waals surface area (Å²) in [5, 5.41) is 8.25. The maximum atomic E-state index is 13.8. The summed E-state index contributed by atoms with van der Waals surface area (Å²) in [5.41, 5.74) is 2.27. The van der Waals surface area contributed by atoms with E-state index in [1.165, 1.54) is 11.6 Å². The molecule has 5 rings (SSSR count). The molecule has 1 saturated heterocycles. The molecule has 0 bridgehead atoms. The van der Waals surface area contributed by atoms with Gasteiger partial charge in [0.1, 0.15) is 23.9 Å². The number of aryl methyl sites for hydroxylation is 1. The highest BCUT2D eigenvalue weighted by molar-refractivity contribution is 5.76. The van der Waals surface area contributed by atoms with Crippen molar-refractivity contribution in [2.24, 2.45) is 0 Å². The van der Waals surface area contributed by atoms with Crippen LogP contribution < -0.4 is 10.3 Å². The smallest absolute Gasteiger partial charge is 0.273 e. The van der Waals surface area contributed by atoms with Crippen molar-refractivity contribution >= 4 is 5.91 Å². The minimum atomic E-state index is -0.361. The van der Waals surface area contributed by atoms with Gasteiger partial charge in [0.15, 0.2) is 5.82 Å². The molecule has 1 amide bonds. The Hall–Kier alpha value is -4.37. The fourth-order valence-electron chi connectivity index (χ4n) is 4.52. The lowest BCUT2D eigenvalue weighted by Gasteiger charge is -2.34. The molecule has 200 valence electrons. The van der Waals surface area contributed by atoms with E-state index in [0.29, 0.717) is 35.8 Å². The summed E-state index contributed by atoms with van der Waals surface area (Å²) in [5.74, 6) is 0.592. The minimum absolute atomic E-state index is 0.0191. The van der Waals surface area contributed by atoms with E-state index < -0.39 is 0 Å². The summed E-state index contributed by atoms with van der Waals surface area (Å²) in [7, 11) is 0. The second-order valence-corrected chi connectivity index (χ2v) is 9.50. The van der Waals surface area contributed by atoms with Crippen LogP contribution in [0.4, 0.5) is 4.39 Å². The van der Waals surface area contributed by atoms with Crippen LogP contribution in [-0.4, -0.2) is 57.1 Å². The third-order valence-corrected chi connectivity index (χ3v) is 6.79. The van der Waals surface area contributed by atoms with Crippen LogP contribution in [0.25, 0.3) is 11.4 Å². The summed E-state index contributed by atoms with van der Waals surface area (Å²) in [6.45, 7) is 3.98. The first kappa shape index (κ1) is 26.2. The van der Waals surface area contributed by atoms with Gasteiger partial charge in [-0.25, -0.2) is 4.39 Å². The lowest BCUT2D eigenvalue weighted by molar-refractivity contribution is -0.133. The molecule has 2 heterocycles. The molecule has 0 atom stereocenters. The molecule has 1 fully saturated rings. The van der Waals surface area contributed by atoms with Crippen LogP contribution in [0, 0.1) is 5.82 Å². The van der Waals surface area contributed by atoms with Gasteiger partial charge in [0.05, 0.1) is 0 Å². The molecule has 3 aromatic carbocycles. The number of amides is 1. The number of carbonyl (C=O) groups is 1. The Morgan fingerprint density at radius 1 is 0.897 bits per heavy atom. The molecule has 1 aromatic heterocycles. The van der Waals surface area contributed by atoms with Crippen molar-refractivity contribution in [2.45, 2.75) is 26.0 Å². The molecule has 0 spiro atoms. The van der Waals surface area contributed by atoms with E-state index in [9.17, 15) is 14.0 Å². The number of ether oxygens (including phenoxy) is 1. The van der Waals surface area contributed by atoms with E-state index in [4.69, 9.17) is 4.74 Å². The Morgan fingerprint density at radius 3 is 2.33 bits per heavy atom. The first-order valence-electron chi connectivity index (χ1n) is 13.0. The number of aromatic amines is 1.